The molecule has 0 aromatic rings. The van der Waals surface area contributed by atoms with Gasteiger partial charge in [0.2, 0.25) is 0 Å². The molecule has 0 radical (unpaired) electrons. The third-order valence-corrected chi connectivity index (χ3v) is 3.52. The lowest BCUT2D eigenvalue weighted by atomic mass is 9.82. The maximum Gasteiger partial charge on any atom is 0.0753 e. The Morgan fingerprint density at radius 3 is 2.40 bits per heavy atom. The van der Waals surface area contributed by atoms with Gasteiger partial charge in [0.25, 0.3) is 0 Å². The number of ether oxygens (including phenoxy) is 1. The van der Waals surface area contributed by atoms with Crippen molar-refractivity contribution in [2.24, 2.45) is 11.7 Å². The van der Waals surface area contributed by atoms with Crippen molar-refractivity contribution in [2.75, 3.05) is 6.61 Å². The summed E-state index contributed by atoms with van der Waals surface area (Å²) in [5, 5.41) is 0. The van der Waals surface area contributed by atoms with Crippen molar-refractivity contribution in [3.63, 3.8) is 0 Å². The minimum atomic E-state index is 0.248. The predicted molar refractivity (Wildman–Crippen MR) is 64.9 cm³/mol. The smallest absolute Gasteiger partial charge is 0.0753 e. The lowest BCUT2D eigenvalue weighted by molar-refractivity contribution is -0.0109. The summed E-state index contributed by atoms with van der Waals surface area (Å²) in [6.45, 7) is 5.08. The highest BCUT2D eigenvalue weighted by molar-refractivity contribution is 4.82. The van der Waals surface area contributed by atoms with Crippen LogP contribution in [-0.4, -0.2) is 18.8 Å². The largest absolute Gasteiger partial charge is 0.377 e. The number of nitrogens with two attached hydrogens (primary N) is 1. The second-order valence-electron chi connectivity index (χ2n) is 4.77. The van der Waals surface area contributed by atoms with Crippen molar-refractivity contribution in [3.8, 4) is 0 Å². The summed E-state index contributed by atoms with van der Waals surface area (Å²) in [7, 11) is 0. The monoisotopic (exact) mass is 213 g/mol. The maximum absolute atomic E-state index is 6.22. The van der Waals surface area contributed by atoms with Gasteiger partial charge in [0.05, 0.1) is 6.10 Å². The van der Waals surface area contributed by atoms with E-state index in [2.05, 4.69) is 13.8 Å². The van der Waals surface area contributed by atoms with E-state index in [-0.39, 0.29) is 6.04 Å². The lowest BCUT2D eigenvalue weighted by Gasteiger charge is -2.33. The molecule has 1 fully saturated rings. The minimum Gasteiger partial charge on any atom is -0.377 e. The standard InChI is InChI=1S/C13H27NO/c1-3-8-12(14)13(15-4-2)11-9-6-5-7-10-11/h11-13H,3-10,14H2,1-2H3/t12-,13?/m1/s1. The first kappa shape index (κ1) is 13.0. The summed E-state index contributed by atoms with van der Waals surface area (Å²) in [5.41, 5.74) is 6.22. The molecule has 1 saturated carbocycles. The molecule has 0 aromatic heterocycles. The summed E-state index contributed by atoms with van der Waals surface area (Å²) >= 11 is 0. The summed E-state index contributed by atoms with van der Waals surface area (Å²) in [6, 6.07) is 0.248. The molecule has 2 nitrogen and oxygen atoms in total. The van der Waals surface area contributed by atoms with Crippen molar-refractivity contribution in [2.45, 2.75) is 70.9 Å². The zero-order chi connectivity index (χ0) is 11.1. The molecule has 0 aromatic carbocycles. The Labute approximate surface area is 94.6 Å². The Morgan fingerprint density at radius 2 is 1.87 bits per heavy atom. The molecule has 0 amide bonds. The molecule has 0 saturated heterocycles. The highest BCUT2D eigenvalue weighted by atomic mass is 16.5. The van der Waals surface area contributed by atoms with E-state index in [0.29, 0.717) is 6.10 Å². The van der Waals surface area contributed by atoms with Gasteiger partial charge in [0.1, 0.15) is 0 Å². The van der Waals surface area contributed by atoms with E-state index < -0.39 is 0 Å². The Hall–Kier alpha value is -0.0800. The van der Waals surface area contributed by atoms with Crippen molar-refractivity contribution in [1.29, 1.82) is 0 Å². The normalized spacial score (nSPS) is 22.6. The molecular weight excluding hydrogens is 186 g/mol. The van der Waals surface area contributed by atoms with E-state index in [4.69, 9.17) is 10.5 Å². The van der Waals surface area contributed by atoms with Gasteiger partial charge in [0, 0.05) is 12.6 Å². The van der Waals surface area contributed by atoms with Gasteiger partial charge in [0.15, 0.2) is 0 Å². The molecule has 1 rings (SSSR count). The summed E-state index contributed by atoms with van der Waals surface area (Å²) < 4.78 is 5.87. The van der Waals surface area contributed by atoms with Crippen LogP contribution in [0, 0.1) is 5.92 Å². The SMILES string of the molecule is CCC[C@@H](N)C(OCC)C1CCCCC1. The quantitative estimate of drug-likeness (QED) is 0.736. The van der Waals surface area contributed by atoms with Gasteiger partial charge in [-0.2, -0.15) is 0 Å². The van der Waals surface area contributed by atoms with Crippen LogP contribution in [0.4, 0.5) is 0 Å². The van der Waals surface area contributed by atoms with Crippen molar-refractivity contribution in [3.05, 3.63) is 0 Å². The Bertz CT molecular complexity index is 155. The van der Waals surface area contributed by atoms with E-state index in [1.165, 1.54) is 32.1 Å². The van der Waals surface area contributed by atoms with Gasteiger partial charge in [-0.25, -0.2) is 0 Å². The third-order valence-electron chi connectivity index (χ3n) is 3.52. The molecule has 2 heteroatoms. The average molecular weight is 213 g/mol. The van der Waals surface area contributed by atoms with E-state index >= 15 is 0 Å². The zero-order valence-electron chi connectivity index (χ0n) is 10.4. The molecule has 90 valence electrons. The maximum atomic E-state index is 6.22. The van der Waals surface area contributed by atoms with Crippen LogP contribution in [0.2, 0.25) is 0 Å². The third kappa shape index (κ3) is 4.12. The van der Waals surface area contributed by atoms with Crippen LogP contribution in [0.1, 0.15) is 58.8 Å². The van der Waals surface area contributed by atoms with Crippen molar-refractivity contribution >= 4 is 0 Å². The molecular formula is C13H27NO. The first-order valence-electron chi connectivity index (χ1n) is 6.66. The van der Waals surface area contributed by atoms with Crippen molar-refractivity contribution in [1.82, 2.24) is 0 Å². The van der Waals surface area contributed by atoms with Gasteiger partial charge < -0.3 is 10.5 Å². The topological polar surface area (TPSA) is 35.2 Å². The Morgan fingerprint density at radius 1 is 1.20 bits per heavy atom. The molecule has 1 unspecified atom stereocenters. The fourth-order valence-electron chi connectivity index (χ4n) is 2.76. The lowest BCUT2D eigenvalue weighted by Crippen LogP contribution is -2.42. The first-order chi connectivity index (χ1) is 7.29. The number of rotatable bonds is 6. The van der Waals surface area contributed by atoms with E-state index in [1.54, 1.807) is 0 Å². The molecule has 2 N–H and O–H groups in total. The van der Waals surface area contributed by atoms with Gasteiger partial charge in [-0.1, -0.05) is 32.6 Å². The van der Waals surface area contributed by atoms with Crippen LogP contribution in [0.5, 0.6) is 0 Å². The first-order valence-corrected chi connectivity index (χ1v) is 6.66. The van der Waals surface area contributed by atoms with Crippen LogP contribution >= 0.6 is 0 Å². The van der Waals surface area contributed by atoms with Crippen LogP contribution in [0.15, 0.2) is 0 Å². The summed E-state index contributed by atoms with van der Waals surface area (Å²) in [5.74, 6) is 0.722. The van der Waals surface area contributed by atoms with Crippen LogP contribution in [-0.2, 0) is 4.74 Å². The van der Waals surface area contributed by atoms with Crippen molar-refractivity contribution < 1.29 is 4.74 Å². The number of hydrogen-bond donors (Lipinski definition) is 1. The second-order valence-corrected chi connectivity index (χ2v) is 4.77. The van der Waals surface area contributed by atoms with Gasteiger partial charge in [-0.05, 0) is 32.1 Å². The molecule has 0 bridgehead atoms. The van der Waals surface area contributed by atoms with E-state index in [9.17, 15) is 0 Å². The average Bonchev–Trinajstić information content (AvgIpc) is 2.27. The molecule has 0 aliphatic heterocycles. The fourth-order valence-corrected chi connectivity index (χ4v) is 2.76. The predicted octanol–water partition coefficient (Wildman–Crippen LogP) is 3.10. The van der Waals surface area contributed by atoms with Gasteiger partial charge in [-0.3, -0.25) is 0 Å². The Kier molecular flexibility index (Phi) is 6.26. The number of hydrogen-bond acceptors (Lipinski definition) is 2. The van der Waals surface area contributed by atoms with Crippen LogP contribution < -0.4 is 5.73 Å². The second kappa shape index (κ2) is 7.24. The molecule has 1 aliphatic carbocycles. The van der Waals surface area contributed by atoms with E-state index in [0.717, 1.165) is 25.4 Å². The fraction of sp³-hybridized carbons (Fsp3) is 1.00. The molecule has 15 heavy (non-hydrogen) atoms. The molecule has 0 heterocycles. The Balaban J connectivity index is 2.46. The molecule has 2 atom stereocenters. The zero-order valence-corrected chi connectivity index (χ0v) is 10.4. The molecule has 1 aliphatic rings. The molecule has 0 spiro atoms. The highest BCUT2D eigenvalue weighted by Crippen LogP contribution is 2.29. The van der Waals surface area contributed by atoms with Crippen LogP contribution in [0.3, 0.4) is 0 Å². The highest BCUT2D eigenvalue weighted by Gasteiger charge is 2.28. The van der Waals surface area contributed by atoms with Gasteiger partial charge in [-0.15, -0.1) is 0 Å². The van der Waals surface area contributed by atoms with Gasteiger partial charge >= 0.3 is 0 Å². The summed E-state index contributed by atoms with van der Waals surface area (Å²) in [6.07, 6.45) is 9.36. The van der Waals surface area contributed by atoms with Crippen LogP contribution in [0.25, 0.3) is 0 Å². The summed E-state index contributed by atoms with van der Waals surface area (Å²) in [4.78, 5) is 0. The van der Waals surface area contributed by atoms with E-state index in [1.807, 2.05) is 0 Å². The minimum absolute atomic E-state index is 0.248.